The first kappa shape index (κ1) is 17.2. The molecule has 138 valence electrons. The molecule has 7 nitrogen and oxygen atoms in total. The summed E-state index contributed by atoms with van der Waals surface area (Å²) in [6, 6.07) is 12.9. The topological polar surface area (TPSA) is 78.3 Å². The van der Waals surface area contributed by atoms with Crippen molar-refractivity contribution in [2.45, 2.75) is 19.4 Å². The molecule has 1 unspecified atom stereocenters. The lowest BCUT2D eigenvalue weighted by molar-refractivity contribution is 0.102. The molecule has 3 aromatic rings. The van der Waals surface area contributed by atoms with Crippen molar-refractivity contribution in [2.24, 2.45) is 0 Å². The summed E-state index contributed by atoms with van der Waals surface area (Å²) in [4.78, 5) is 16.9. The molecular weight excluding hydrogens is 344 g/mol. The van der Waals surface area contributed by atoms with Gasteiger partial charge in [-0.15, -0.1) is 0 Å². The van der Waals surface area contributed by atoms with Crippen LogP contribution >= 0.6 is 0 Å². The predicted molar refractivity (Wildman–Crippen MR) is 100 cm³/mol. The predicted octanol–water partition coefficient (Wildman–Crippen LogP) is 3.00. The van der Waals surface area contributed by atoms with Crippen molar-refractivity contribution in [3.63, 3.8) is 0 Å². The minimum atomic E-state index is -0.215. The number of carbonyl (C=O) groups excluding carboxylic acids is 1. The highest BCUT2D eigenvalue weighted by Crippen LogP contribution is 2.21. The van der Waals surface area contributed by atoms with E-state index in [0.29, 0.717) is 23.7 Å². The van der Waals surface area contributed by atoms with Gasteiger partial charge >= 0.3 is 0 Å². The van der Waals surface area contributed by atoms with Crippen LogP contribution in [0.2, 0.25) is 0 Å². The van der Waals surface area contributed by atoms with Crippen LogP contribution in [0, 0.1) is 6.92 Å². The van der Waals surface area contributed by atoms with Crippen molar-refractivity contribution in [1.29, 1.82) is 0 Å². The first-order valence-electron chi connectivity index (χ1n) is 8.82. The number of anilines is 1. The minimum absolute atomic E-state index is 0.102. The molecule has 0 radical (unpaired) electrons. The van der Waals surface area contributed by atoms with E-state index in [0.717, 1.165) is 24.5 Å². The fourth-order valence-corrected chi connectivity index (χ4v) is 2.96. The molecule has 27 heavy (non-hydrogen) atoms. The van der Waals surface area contributed by atoms with E-state index in [9.17, 15) is 4.79 Å². The van der Waals surface area contributed by atoms with Crippen molar-refractivity contribution in [3.8, 4) is 11.6 Å². The van der Waals surface area contributed by atoms with Crippen molar-refractivity contribution in [3.05, 3.63) is 66.1 Å². The molecule has 0 bridgehead atoms. The van der Waals surface area contributed by atoms with Crippen LogP contribution in [0.4, 0.5) is 5.69 Å². The number of rotatable bonds is 5. The second-order valence-electron chi connectivity index (χ2n) is 6.33. The molecule has 1 aromatic carbocycles. The summed E-state index contributed by atoms with van der Waals surface area (Å²) >= 11 is 0. The van der Waals surface area contributed by atoms with Crippen LogP contribution in [0.25, 0.3) is 5.82 Å². The van der Waals surface area contributed by atoms with Crippen LogP contribution < -0.4 is 10.1 Å². The lowest BCUT2D eigenvalue weighted by Crippen LogP contribution is -2.16. The third-order valence-electron chi connectivity index (χ3n) is 4.42. The highest BCUT2D eigenvalue weighted by Gasteiger charge is 2.18. The summed E-state index contributed by atoms with van der Waals surface area (Å²) in [5.74, 6) is 1.22. The lowest BCUT2D eigenvalue weighted by Gasteiger charge is -2.12. The van der Waals surface area contributed by atoms with E-state index in [-0.39, 0.29) is 12.0 Å². The maximum Gasteiger partial charge on any atom is 0.259 e. The number of pyridine rings is 1. The SMILES string of the molecule is Cc1c(C(=O)Nc2ccc(OC3CCOC3)cc2)cnn1-c1ccccn1. The second kappa shape index (κ2) is 7.59. The van der Waals surface area contributed by atoms with Gasteiger partial charge in [0.2, 0.25) is 0 Å². The second-order valence-corrected chi connectivity index (χ2v) is 6.33. The normalized spacial score (nSPS) is 16.3. The summed E-state index contributed by atoms with van der Waals surface area (Å²) in [6.45, 7) is 3.21. The Morgan fingerprint density at radius 1 is 1.26 bits per heavy atom. The quantitative estimate of drug-likeness (QED) is 0.753. The number of aromatic nitrogens is 3. The number of nitrogens with one attached hydrogen (secondary N) is 1. The maximum atomic E-state index is 12.6. The molecule has 0 aliphatic carbocycles. The number of nitrogens with zero attached hydrogens (tertiary/aromatic N) is 3. The molecule has 2 aromatic heterocycles. The Kier molecular flexibility index (Phi) is 4.84. The number of hydrogen-bond donors (Lipinski definition) is 1. The van der Waals surface area contributed by atoms with E-state index in [4.69, 9.17) is 9.47 Å². The van der Waals surface area contributed by atoms with Gasteiger partial charge in [-0.2, -0.15) is 5.10 Å². The van der Waals surface area contributed by atoms with Crippen LogP contribution in [-0.4, -0.2) is 40.0 Å². The molecular formula is C20H20N4O3. The van der Waals surface area contributed by atoms with E-state index in [1.807, 2.05) is 49.4 Å². The molecule has 0 saturated carbocycles. The monoisotopic (exact) mass is 364 g/mol. The number of carbonyl (C=O) groups is 1. The van der Waals surface area contributed by atoms with Crippen LogP contribution in [-0.2, 0) is 4.74 Å². The van der Waals surface area contributed by atoms with Crippen molar-refractivity contribution in [1.82, 2.24) is 14.8 Å². The van der Waals surface area contributed by atoms with E-state index in [2.05, 4.69) is 15.4 Å². The van der Waals surface area contributed by atoms with Gasteiger partial charge < -0.3 is 14.8 Å². The van der Waals surface area contributed by atoms with Gasteiger partial charge in [-0.05, 0) is 43.3 Å². The molecule has 0 spiro atoms. The summed E-state index contributed by atoms with van der Waals surface area (Å²) in [6.07, 6.45) is 4.25. The lowest BCUT2D eigenvalue weighted by atomic mass is 10.2. The van der Waals surface area contributed by atoms with E-state index in [1.54, 1.807) is 17.1 Å². The highest BCUT2D eigenvalue weighted by molar-refractivity contribution is 6.05. The number of hydrogen-bond acceptors (Lipinski definition) is 5. The molecule has 4 rings (SSSR count). The van der Waals surface area contributed by atoms with Gasteiger partial charge in [-0.1, -0.05) is 6.07 Å². The van der Waals surface area contributed by atoms with Gasteiger partial charge in [-0.25, -0.2) is 9.67 Å². The average molecular weight is 364 g/mol. The Morgan fingerprint density at radius 2 is 2.11 bits per heavy atom. The Morgan fingerprint density at radius 3 is 2.81 bits per heavy atom. The third kappa shape index (κ3) is 3.83. The summed E-state index contributed by atoms with van der Waals surface area (Å²) in [5.41, 5.74) is 1.93. The Balaban J connectivity index is 1.44. The van der Waals surface area contributed by atoms with Gasteiger partial charge in [0.15, 0.2) is 5.82 Å². The molecule has 1 fully saturated rings. The van der Waals surface area contributed by atoms with Gasteiger partial charge in [0.1, 0.15) is 11.9 Å². The van der Waals surface area contributed by atoms with Gasteiger partial charge in [0.05, 0.1) is 30.7 Å². The molecule has 1 saturated heterocycles. The Hall–Kier alpha value is -3.19. The third-order valence-corrected chi connectivity index (χ3v) is 4.42. The van der Waals surface area contributed by atoms with Crippen LogP contribution in [0.15, 0.2) is 54.9 Å². The molecule has 1 aliphatic heterocycles. The van der Waals surface area contributed by atoms with E-state index in [1.165, 1.54) is 0 Å². The molecule has 1 amide bonds. The first-order valence-corrected chi connectivity index (χ1v) is 8.82. The van der Waals surface area contributed by atoms with Crippen molar-refractivity contribution < 1.29 is 14.3 Å². The van der Waals surface area contributed by atoms with Gasteiger partial charge in [0.25, 0.3) is 5.91 Å². The summed E-state index contributed by atoms with van der Waals surface area (Å²) < 4.78 is 12.8. The minimum Gasteiger partial charge on any atom is -0.488 e. The zero-order valence-electron chi connectivity index (χ0n) is 15.0. The first-order chi connectivity index (χ1) is 13.2. The summed E-state index contributed by atoms with van der Waals surface area (Å²) in [5, 5.41) is 7.17. The largest absolute Gasteiger partial charge is 0.488 e. The Labute approximate surface area is 156 Å². The van der Waals surface area contributed by atoms with Crippen LogP contribution in [0.3, 0.4) is 0 Å². The van der Waals surface area contributed by atoms with E-state index >= 15 is 0 Å². The molecule has 1 atom stereocenters. The maximum absolute atomic E-state index is 12.6. The summed E-state index contributed by atoms with van der Waals surface area (Å²) in [7, 11) is 0. The zero-order valence-corrected chi connectivity index (χ0v) is 15.0. The number of ether oxygens (including phenoxy) is 2. The van der Waals surface area contributed by atoms with Gasteiger partial charge in [-0.3, -0.25) is 4.79 Å². The van der Waals surface area contributed by atoms with Crippen molar-refractivity contribution >= 4 is 11.6 Å². The van der Waals surface area contributed by atoms with Crippen molar-refractivity contribution in [2.75, 3.05) is 18.5 Å². The van der Waals surface area contributed by atoms with E-state index < -0.39 is 0 Å². The average Bonchev–Trinajstić information content (AvgIpc) is 3.33. The highest BCUT2D eigenvalue weighted by atomic mass is 16.5. The van der Waals surface area contributed by atoms with Crippen LogP contribution in [0.5, 0.6) is 5.75 Å². The number of amides is 1. The molecule has 1 N–H and O–H groups in total. The Bertz CT molecular complexity index is 916. The molecule has 1 aliphatic rings. The fraction of sp³-hybridized carbons (Fsp3) is 0.250. The number of benzene rings is 1. The standard InChI is InChI=1S/C20H20N4O3/c1-14-18(12-22-24(14)19-4-2-3-10-21-19)20(25)23-15-5-7-16(8-6-15)27-17-9-11-26-13-17/h2-8,10,12,17H,9,11,13H2,1H3,(H,23,25). The molecule has 3 heterocycles. The zero-order chi connectivity index (χ0) is 18.6. The molecule has 7 heteroatoms. The van der Waals surface area contributed by atoms with Crippen LogP contribution in [0.1, 0.15) is 22.5 Å². The smallest absolute Gasteiger partial charge is 0.259 e. The van der Waals surface area contributed by atoms with Gasteiger partial charge in [0, 0.05) is 18.3 Å². The fourth-order valence-electron chi connectivity index (χ4n) is 2.96.